The summed E-state index contributed by atoms with van der Waals surface area (Å²) >= 11 is 0. The van der Waals surface area contributed by atoms with Crippen molar-refractivity contribution in [2.24, 2.45) is 12.8 Å². The van der Waals surface area contributed by atoms with Gasteiger partial charge in [-0.3, -0.25) is 0 Å². The number of imidazole rings is 1. The molecule has 1 aliphatic carbocycles. The number of halogens is 2. The number of aromatic nitrogens is 2. The van der Waals surface area contributed by atoms with Crippen LogP contribution in [-0.4, -0.2) is 15.6 Å². The highest BCUT2D eigenvalue weighted by Gasteiger charge is 2.25. The van der Waals surface area contributed by atoms with Crippen LogP contribution in [0.4, 0.5) is 8.78 Å². The lowest BCUT2D eigenvalue weighted by Gasteiger charge is -2.17. The molecule has 0 saturated heterocycles. The Labute approximate surface area is 80.9 Å². The maximum absolute atomic E-state index is 12.5. The van der Waals surface area contributed by atoms with Crippen molar-refractivity contribution in [1.29, 1.82) is 0 Å². The Hall–Kier alpha value is -0.970. The van der Waals surface area contributed by atoms with E-state index in [1.54, 1.807) is 7.05 Å². The van der Waals surface area contributed by atoms with Gasteiger partial charge in [0.05, 0.1) is 5.69 Å². The van der Waals surface area contributed by atoms with E-state index in [-0.39, 0.29) is 11.9 Å². The summed E-state index contributed by atoms with van der Waals surface area (Å²) in [5, 5.41) is 0. The van der Waals surface area contributed by atoms with E-state index in [4.69, 9.17) is 5.73 Å². The molecule has 1 aromatic rings. The lowest BCUT2D eigenvalue weighted by molar-refractivity contribution is 0.136. The summed E-state index contributed by atoms with van der Waals surface area (Å²) in [5.41, 5.74) is 7.42. The van der Waals surface area contributed by atoms with Crippen LogP contribution >= 0.6 is 0 Å². The molecule has 0 bridgehead atoms. The molecule has 0 amide bonds. The van der Waals surface area contributed by atoms with Crippen molar-refractivity contribution >= 4 is 0 Å². The van der Waals surface area contributed by atoms with Gasteiger partial charge in [-0.25, -0.2) is 13.8 Å². The number of alkyl halides is 2. The van der Waals surface area contributed by atoms with E-state index >= 15 is 0 Å². The van der Waals surface area contributed by atoms with E-state index in [2.05, 4.69) is 4.98 Å². The zero-order chi connectivity index (χ0) is 10.3. The van der Waals surface area contributed by atoms with Crippen LogP contribution in [0.2, 0.25) is 0 Å². The van der Waals surface area contributed by atoms with Crippen LogP contribution in [0, 0.1) is 0 Å². The van der Waals surface area contributed by atoms with Crippen LogP contribution in [-0.2, 0) is 19.9 Å². The van der Waals surface area contributed by atoms with Crippen LogP contribution in [0.3, 0.4) is 0 Å². The first-order chi connectivity index (χ1) is 6.59. The smallest absolute Gasteiger partial charge is 0.295 e. The van der Waals surface area contributed by atoms with E-state index in [0.29, 0.717) is 6.42 Å². The largest absolute Gasteiger partial charge is 0.330 e. The Morgan fingerprint density at radius 1 is 1.57 bits per heavy atom. The first-order valence-corrected chi connectivity index (χ1v) is 4.67. The van der Waals surface area contributed by atoms with Crippen LogP contribution in [0.1, 0.15) is 30.1 Å². The Balaban J connectivity index is 2.40. The molecule has 0 aromatic carbocycles. The van der Waals surface area contributed by atoms with E-state index in [1.807, 2.05) is 0 Å². The second kappa shape index (κ2) is 3.31. The zero-order valence-corrected chi connectivity index (χ0v) is 8.00. The second-order valence-electron chi connectivity index (χ2n) is 3.73. The lowest BCUT2D eigenvalue weighted by Crippen LogP contribution is -2.28. The molecule has 0 spiro atoms. The summed E-state index contributed by atoms with van der Waals surface area (Å²) in [6, 6.07) is 0.0722. The molecule has 1 heterocycles. The van der Waals surface area contributed by atoms with Crippen molar-refractivity contribution in [1.82, 2.24) is 9.55 Å². The Morgan fingerprint density at radius 2 is 2.29 bits per heavy atom. The molecule has 1 aliphatic rings. The molecule has 0 radical (unpaired) electrons. The highest BCUT2D eigenvalue weighted by molar-refractivity contribution is 5.22. The SMILES string of the molecule is Cn1c(C(F)F)nc2c1CCC(N)C2. The minimum absolute atomic E-state index is 0.0722. The quantitative estimate of drug-likeness (QED) is 0.741. The predicted octanol–water partition coefficient (Wildman–Crippen LogP) is 1.17. The second-order valence-corrected chi connectivity index (χ2v) is 3.73. The van der Waals surface area contributed by atoms with Crippen molar-refractivity contribution in [2.45, 2.75) is 31.7 Å². The number of fused-ring (bicyclic) bond motifs is 1. The Kier molecular flexibility index (Phi) is 2.26. The molecule has 1 aromatic heterocycles. The molecule has 1 atom stereocenters. The van der Waals surface area contributed by atoms with Gasteiger partial charge >= 0.3 is 0 Å². The van der Waals surface area contributed by atoms with Gasteiger partial charge in [-0.05, 0) is 12.8 Å². The molecule has 0 aliphatic heterocycles. The summed E-state index contributed by atoms with van der Waals surface area (Å²) < 4.78 is 26.5. The van der Waals surface area contributed by atoms with Gasteiger partial charge in [0.2, 0.25) is 0 Å². The number of rotatable bonds is 1. The Bertz CT molecular complexity index is 346. The number of hydrogen-bond donors (Lipinski definition) is 1. The maximum atomic E-state index is 12.5. The molecule has 14 heavy (non-hydrogen) atoms. The van der Waals surface area contributed by atoms with Gasteiger partial charge in [-0.15, -0.1) is 0 Å². The molecular formula is C9H13F2N3. The van der Waals surface area contributed by atoms with Gasteiger partial charge < -0.3 is 10.3 Å². The van der Waals surface area contributed by atoms with Gasteiger partial charge in [0.1, 0.15) is 0 Å². The molecule has 2 N–H and O–H groups in total. The van der Waals surface area contributed by atoms with Crippen LogP contribution < -0.4 is 5.73 Å². The van der Waals surface area contributed by atoms with Crippen molar-refractivity contribution < 1.29 is 8.78 Å². The molecule has 0 fully saturated rings. The molecule has 1 unspecified atom stereocenters. The van der Waals surface area contributed by atoms with E-state index in [0.717, 1.165) is 24.2 Å². The van der Waals surface area contributed by atoms with Crippen LogP contribution in [0.15, 0.2) is 0 Å². The molecule has 0 saturated carbocycles. The molecule has 3 nitrogen and oxygen atoms in total. The fraction of sp³-hybridized carbons (Fsp3) is 0.667. The van der Waals surface area contributed by atoms with Crippen molar-refractivity contribution in [3.8, 4) is 0 Å². The third-order valence-electron chi connectivity index (χ3n) is 2.73. The highest BCUT2D eigenvalue weighted by atomic mass is 19.3. The number of nitrogens with zero attached hydrogens (tertiary/aromatic N) is 2. The zero-order valence-electron chi connectivity index (χ0n) is 8.00. The Morgan fingerprint density at radius 3 is 2.93 bits per heavy atom. The molecule has 5 heteroatoms. The molecule has 2 rings (SSSR count). The number of nitrogens with two attached hydrogens (primary N) is 1. The van der Waals surface area contributed by atoms with Crippen molar-refractivity contribution in [3.63, 3.8) is 0 Å². The number of hydrogen-bond acceptors (Lipinski definition) is 2. The average Bonchev–Trinajstić information content (AvgIpc) is 2.43. The highest BCUT2D eigenvalue weighted by Crippen LogP contribution is 2.25. The monoisotopic (exact) mass is 201 g/mol. The van der Waals surface area contributed by atoms with Crippen molar-refractivity contribution in [3.05, 3.63) is 17.2 Å². The summed E-state index contributed by atoms with van der Waals surface area (Å²) in [4.78, 5) is 3.93. The molecular weight excluding hydrogens is 188 g/mol. The van der Waals surface area contributed by atoms with Gasteiger partial charge in [-0.2, -0.15) is 0 Å². The fourth-order valence-electron chi connectivity index (χ4n) is 1.95. The van der Waals surface area contributed by atoms with Gasteiger partial charge in [-0.1, -0.05) is 0 Å². The van der Waals surface area contributed by atoms with E-state index in [9.17, 15) is 8.78 Å². The molecule has 78 valence electrons. The third kappa shape index (κ3) is 1.41. The minimum Gasteiger partial charge on any atom is -0.330 e. The summed E-state index contributed by atoms with van der Waals surface area (Å²) in [7, 11) is 1.64. The first-order valence-electron chi connectivity index (χ1n) is 4.67. The summed E-state index contributed by atoms with van der Waals surface area (Å²) in [6.07, 6.45) is -0.264. The average molecular weight is 201 g/mol. The fourth-order valence-corrected chi connectivity index (χ4v) is 1.95. The topological polar surface area (TPSA) is 43.8 Å². The predicted molar refractivity (Wildman–Crippen MR) is 48.2 cm³/mol. The van der Waals surface area contributed by atoms with Crippen molar-refractivity contribution in [2.75, 3.05) is 0 Å². The van der Waals surface area contributed by atoms with Gasteiger partial charge in [0.15, 0.2) is 5.82 Å². The van der Waals surface area contributed by atoms with Gasteiger partial charge in [0, 0.05) is 25.2 Å². The van der Waals surface area contributed by atoms with Crippen LogP contribution in [0.5, 0.6) is 0 Å². The standard InChI is InChI=1S/C9H13F2N3/c1-14-7-3-2-5(12)4-6(7)13-9(14)8(10)11/h5,8H,2-4,12H2,1H3. The lowest BCUT2D eigenvalue weighted by atomic mass is 9.97. The van der Waals surface area contributed by atoms with E-state index < -0.39 is 6.43 Å². The summed E-state index contributed by atoms with van der Waals surface area (Å²) in [6.45, 7) is 0. The summed E-state index contributed by atoms with van der Waals surface area (Å²) in [5.74, 6) is -0.135. The first kappa shape index (κ1) is 9.58. The van der Waals surface area contributed by atoms with Crippen LogP contribution in [0.25, 0.3) is 0 Å². The maximum Gasteiger partial charge on any atom is 0.295 e. The minimum atomic E-state index is -2.50. The van der Waals surface area contributed by atoms with E-state index in [1.165, 1.54) is 4.57 Å². The third-order valence-corrected chi connectivity index (χ3v) is 2.73. The normalized spacial score (nSPS) is 21.4. The van der Waals surface area contributed by atoms with Gasteiger partial charge in [0.25, 0.3) is 6.43 Å².